The first kappa shape index (κ1) is 14.4. The SMILES string of the molecule is CC1(C)OB(c2ccc(CCN)nc2F)OC1(C)C. The van der Waals surface area contributed by atoms with Gasteiger partial charge in [0.2, 0.25) is 5.95 Å². The molecule has 1 aliphatic heterocycles. The molecule has 0 unspecified atom stereocenters. The van der Waals surface area contributed by atoms with Gasteiger partial charge in [-0.1, -0.05) is 6.07 Å². The molecule has 0 atom stereocenters. The second kappa shape index (κ2) is 4.85. The molecule has 1 aliphatic rings. The average Bonchev–Trinajstić information content (AvgIpc) is 2.48. The summed E-state index contributed by atoms with van der Waals surface area (Å²) in [5.74, 6) is -0.551. The van der Waals surface area contributed by atoms with Crippen molar-refractivity contribution in [2.24, 2.45) is 5.73 Å². The third-order valence-electron chi connectivity index (χ3n) is 3.84. The molecule has 0 aromatic carbocycles. The van der Waals surface area contributed by atoms with E-state index in [1.165, 1.54) is 0 Å². The maximum atomic E-state index is 14.0. The number of aromatic nitrogens is 1. The van der Waals surface area contributed by atoms with Crippen LogP contribution in [0.3, 0.4) is 0 Å². The van der Waals surface area contributed by atoms with Crippen LogP contribution in [0.15, 0.2) is 12.1 Å². The summed E-state index contributed by atoms with van der Waals surface area (Å²) < 4.78 is 25.6. The Morgan fingerprint density at radius 2 is 1.79 bits per heavy atom. The molecule has 0 spiro atoms. The Labute approximate surface area is 113 Å². The van der Waals surface area contributed by atoms with Gasteiger partial charge in [0.15, 0.2) is 0 Å². The molecule has 19 heavy (non-hydrogen) atoms. The lowest BCUT2D eigenvalue weighted by Crippen LogP contribution is -2.41. The second-order valence-corrected chi connectivity index (χ2v) is 5.81. The lowest BCUT2D eigenvalue weighted by Gasteiger charge is -2.32. The van der Waals surface area contributed by atoms with Crippen LogP contribution in [0, 0.1) is 5.95 Å². The molecule has 2 rings (SSSR count). The highest BCUT2D eigenvalue weighted by molar-refractivity contribution is 6.62. The first-order valence-corrected chi connectivity index (χ1v) is 6.48. The summed E-state index contributed by atoms with van der Waals surface area (Å²) in [5, 5.41) is 0. The molecular formula is C13H20BFN2O2. The van der Waals surface area contributed by atoms with Crippen molar-refractivity contribution in [1.82, 2.24) is 4.98 Å². The van der Waals surface area contributed by atoms with Gasteiger partial charge < -0.3 is 15.0 Å². The van der Waals surface area contributed by atoms with Crippen LogP contribution in [0.5, 0.6) is 0 Å². The molecule has 1 aromatic rings. The number of hydrogen-bond donors (Lipinski definition) is 1. The molecule has 0 radical (unpaired) electrons. The van der Waals surface area contributed by atoms with Gasteiger partial charge in [-0.2, -0.15) is 4.39 Å². The van der Waals surface area contributed by atoms with Crippen LogP contribution in [0.4, 0.5) is 4.39 Å². The molecular weight excluding hydrogens is 246 g/mol. The van der Waals surface area contributed by atoms with Gasteiger partial charge in [0.25, 0.3) is 0 Å². The van der Waals surface area contributed by atoms with Crippen LogP contribution < -0.4 is 11.2 Å². The van der Waals surface area contributed by atoms with Crippen molar-refractivity contribution < 1.29 is 13.7 Å². The van der Waals surface area contributed by atoms with Crippen molar-refractivity contribution in [3.63, 3.8) is 0 Å². The Hall–Kier alpha value is -0.975. The summed E-state index contributed by atoms with van der Waals surface area (Å²) in [4.78, 5) is 3.90. The van der Waals surface area contributed by atoms with E-state index in [1.807, 2.05) is 27.7 Å². The van der Waals surface area contributed by atoms with Crippen molar-refractivity contribution in [3.05, 3.63) is 23.8 Å². The highest BCUT2D eigenvalue weighted by Crippen LogP contribution is 2.36. The van der Waals surface area contributed by atoms with E-state index in [9.17, 15) is 4.39 Å². The van der Waals surface area contributed by atoms with E-state index >= 15 is 0 Å². The second-order valence-electron chi connectivity index (χ2n) is 5.81. The van der Waals surface area contributed by atoms with Crippen molar-refractivity contribution in [3.8, 4) is 0 Å². The molecule has 1 aromatic heterocycles. The van der Waals surface area contributed by atoms with Crippen molar-refractivity contribution in [2.75, 3.05) is 6.54 Å². The smallest absolute Gasteiger partial charge is 0.399 e. The lowest BCUT2D eigenvalue weighted by atomic mass is 9.80. The maximum absolute atomic E-state index is 14.0. The average molecular weight is 266 g/mol. The molecule has 4 nitrogen and oxygen atoms in total. The van der Waals surface area contributed by atoms with Gasteiger partial charge in [-0.15, -0.1) is 0 Å². The summed E-state index contributed by atoms with van der Waals surface area (Å²) >= 11 is 0. The van der Waals surface area contributed by atoms with Gasteiger partial charge in [-0.05, 0) is 40.3 Å². The fourth-order valence-electron chi connectivity index (χ4n) is 1.92. The Morgan fingerprint density at radius 3 is 2.26 bits per heavy atom. The van der Waals surface area contributed by atoms with Gasteiger partial charge >= 0.3 is 7.12 Å². The molecule has 104 valence electrons. The van der Waals surface area contributed by atoms with E-state index in [0.717, 1.165) is 0 Å². The first-order chi connectivity index (χ1) is 8.77. The summed E-state index contributed by atoms with van der Waals surface area (Å²) in [5.41, 5.74) is 5.43. The number of halogens is 1. The fraction of sp³-hybridized carbons (Fsp3) is 0.615. The predicted octanol–water partition coefficient (Wildman–Crippen LogP) is 1.02. The van der Waals surface area contributed by atoms with Crippen LogP contribution >= 0.6 is 0 Å². The standard InChI is InChI=1S/C13H20BFN2O2/c1-12(2)13(3,4)19-14(18-12)10-6-5-9(7-8-16)17-11(10)15/h5-6H,7-8,16H2,1-4H3. The minimum Gasteiger partial charge on any atom is -0.399 e. The highest BCUT2D eigenvalue weighted by atomic mass is 19.1. The maximum Gasteiger partial charge on any atom is 0.499 e. The molecule has 0 aliphatic carbocycles. The number of hydrogen-bond acceptors (Lipinski definition) is 4. The number of nitrogens with two attached hydrogens (primary N) is 1. The van der Waals surface area contributed by atoms with Crippen molar-refractivity contribution in [1.29, 1.82) is 0 Å². The van der Waals surface area contributed by atoms with Gasteiger partial charge in [0.05, 0.1) is 11.2 Å². The van der Waals surface area contributed by atoms with Crippen molar-refractivity contribution >= 4 is 12.6 Å². The fourth-order valence-corrected chi connectivity index (χ4v) is 1.92. The van der Waals surface area contributed by atoms with Crippen LogP contribution in [-0.2, 0) is 15.7 Å². The van der Waals surface area contributed by atoms with Crippen LogP contribution in [0.1, 0.15) is 33.4 Å². The zero-order valence-electron chi connectivity index (χ0n) is 11.9. The van der Waals surface area contributed by atoms with Crippen molar-refractivity contribution in [2.45, 2.75) is 45.3 Å². The van der Waals surface area contributed by atoms with E-state index in [1.54, 1.807) is 12.1 Å². The summed E-state index contributed by atoms with van der Waals surface area (Å²) in [7, 11) is -0.718. The van der Waals surface area contributed by atoms with E-state index in [0.29, 0.717) is 24.1 Å². The number of rotatable bonds is 3. The third-order valence-corrected chi connectivity index (χ3v) is 3.84. The Bertz CT molecular complexity index is 464. The number of nitrogens with zero attached hydrogens (tertiary/aromatic N) is 1. The topological polar surface area (TPSA) is 57.4 Å². The van der Waals surface area contributed by atoms with E-state index < -0.39 is 24.3 Å². The molecule has 2 N–H and O–H groups in total. The Balaban J connectivity index is 2.25. The molecule has 1 saturated heterocycles. The zero-order chi connectivity index (χ0) is 14.3. The largest absolute Gasteiger partial charge is 0.499 e. The van der Waals surface area contributed by atoms with Crippen LogP contribution in [0.2, 0.25) is 0 Å². The van der Waals surface area contributed by atoms with E-state index in [-0.39, 0.29) is 0 Å². The molecule has 0 bridgehead atoms. The highest BCUT2D eigenvalue weighted by Gasteiger charge is 2.52. The minimum absolute atomic E-state index is 0.333. The summed E-state index contributed by atoms with van der Waals surface area (Å²) in [6.45, 7) is 8.17. The zero-order valence-corrected chi connectivity index (χ0v) is 11.9. The van der Waals surface area contributed by atoms with E-state index in [4.69, 9.17) is 15.0 Å². The number of pyridine rings is 1. The predicted molar refractivity (Wildman–Crippen MR) is 72.7 cm³/mol. The summed E-state index contributed by atoms with van der Waals surface area (Å²) in [6, 6.07) is 3.42. The van der Waals surface area contributed by atoms with E-state index in [2.05, 4.69) is 4.98 Å². The molecule has 6 heteroatoms. The van der Waals surface area contributed by atoms with Crippen LogP contribution in [-0.4, -0.2) is 29.8 Å². The minimum atomic E-state index is -0.718. The molecule has 0 amide bonds. The Kier molecular flexibility index (Phi) is 3.68. The van der Waals surface area contributed by atoms with Gasteiger partial charge in [0.1, 0.15) is 0 Å². The monoisotopic (exact) mass is 266 g/mol. The Morgan fingerprint density at radius 1 is 1.21 bits per heavy atom. The molecule has 1 fully saturated rings. The van der Waals surface area contributed by atoms with Gasteiger partial charge in [-0.3, -0.25) is 0 Å². The third kappa shape index (κ3) is 2.66. The quantitative estimate of drug-likeness (QED) is 0.655. The summed E-state index contributed by atoms with van der Waals surface area (Å²) in [6.07, 6.45) is 0.556. The van der Waals surface area contributed by atoms with Gasteiger partial charge in [0, 0.05) is 17.6 Å². The molecule has 0 saturated carbocycles. The molecule has 2 heterocycles. The normalized spacial score (nSPS) is 20.8. The first-order valence-electron chi connectivity index (χ1n) is 6.48. The van der Waals surface area contributed by atoms with Crippen LogP contribution in [0.25, 0.3) is 0 Å². The van der Waals surface area contributed by atoms with Gasteiger partial charge in [-0.25, -0.2) is 4.98 Å². The lowest BCUT2D eigenvalue weighted by molar-refractivity contribution is 0.00578.